The summed E-state index contributed by atoms with van der Waals surface area (Å²) < 4.78 is 0. The van der Waals surface area contributed by atoms with Crippen LogP contribution in [0.1, 0.15) is 18.5 Å². The van der Waals surface area contributed by atoms with Gasteiger partial charge >= 0.3 is 5.97 Å². The number of carbonyl (C=O) groups is 1. The summed E-state index contributed by atoms with van der Waals surface area (Å²) in [4.78, 5) is 18.1. The minimum atomic E-state index is -0.884. The van der Waals surface area contributed by atoms with Crippen LogP contribution in [0.3, 0.4) is 0 Å². The van der Waals surface area contributed by atoms with E-state index in [2.05, 4.69) is 9.97 Å². The van der Waals surface area contributed by atoms with Crippen molar-refractivity contribution in [2.24, 2.45) is 0 Å². The van der Waals surface area contributed by atoms with Crippen LogP contribution in [0.25, 0.3) is 0 Å². The molecule has 0 radical (unpaired) electrons. The average Bonchev–Trinajstić information content (AvgIpc) is 2.05. The van der Waals surface area contributed by atoms with Crippen LogP contribution in [-0.4, -0.2) is 21.0 Å². The predicted octanol–water partition coefficient (Wildman–Crippen LogP) is 0.665. The van der Waals surface area contributed by atoms with Crippen molar-refractivity contribution in [3.8, 4) is 0 Å². The smallest absolute Gasteiger partial charge is 0.312 e. The van der Waals surface area contributed by atoms with Crippen LogP contribution in [0.5, 0.6) is 0 Å². The molecule has 1 aromatic heterocycles. The van der Waals surface area contributed by atoms with Gasteiger partial charge in [0.2, 0.25) is 0 Å². The monoisotopic (exact) mass is 152 g/mol. The van der Waals surface area contributed by atoms with E-state index in [1.807, 2.05) is 0 Å². The van der Waals surface area contributed by atoms with E-state index in [4.69, 9.17) is 5.11 Å². The van der Waals surface area contributed by atoms with Crippen LogP contribution < -0.4 is 0 Å². The molecule has 1 rings (SSSR count). The van der Waals surface area contributed by atoms with Crippen LogP contribution in [0.4, 0.5) is 0 Å². The third-order valence-corrected chi connectivity index (χ3v) is 1.40. The van der Waals surface area contributed by atoms with Gasteiger partial charge in [0.05, 0.1) is 11.6 Å². The van der Waals surface area contributed by atoms with Gasteiger partial charge in [-0.1, -0.05) is 0 Å². The maximum Gasteiger partial charge on any atom is 0.312 e. The molecule has 1 N–H and O–H groups in total. The number of nitrogens with zero attached hydrogens (tertiary/aromatic N) is 2. The Balaban J connectivity index is 2.85. The molecular weight excluding hydrogens is 144 g/mol. The number of carboxylic acid groups (broad SMARTS) is 1. The zero-order chi connectivity index (χ0) is 8.27. The Labute approximate surface area is 63.9 Å². The SMILES string of the molecule is C[C@@H](C(=O)O)c1cnccn1. The number of carboxylic acids is 1. The van der Waals surface area contributed by atoms with Crippen LogP contribution in [-0.2, 0) is 4.79 Å². The van der Waals surface area contributed by atoms with Gasteiger partial charge in [-0.25, -0.2) is 0 Å². The molecular formula is C7H8N2O2. The van der Waals surface area contributed by atoms with Crippen molar-refractivity contribution in [3.05, 3.63) is 24.3 Å². The number of hydrogen-bond donors (Lipinski definition) is 1. The standard InChI is InChI=1S/C7H8N2O2/c1-5(7(10)11)6-4-8-2-3-9-6/h2-5H,1H3,(H,10,11)/t5-/m1/s1. The molecule has 0 amide bonds. The van der Waals surface area contributed by atoms with Crippen molar-refractivity contribution >= 4 is 5.97 Å². The van der Waals surface area contributed by atoms with Crippen molar-refractivity contribution in [2.45, 2.75) is 12.8 Å². The molecule has 0 saturated heterocycles. The second-order valence-corrected chi connectivity index (χ2v) is 2.19. The first-order chi connectivity index (χ1) is 5.22. The molecule has 1 aromatic rings. The highest BCUT2D eigenvalue weighted by atomic mass is 16.4. The van der Waals surface area contributed by atoms with Crippen LogP contribution in [0, 0.1) is 0 Å². The van der Waals surface area contributed by atoms with Crippen molar-refractivity contribution < 1.29 is 9.90 Å². The molecule has 0 saturated carbocycles. The first-order valence-corrected chi connectivity index (χ1v) is 3.20. The van der Waals surface area contributed by atoms with Gasteiger partial charge in [-0.05, 0) is 6.92 Å². The van der Waals surface area contributed by atoms with Gasteiger partial charge in [0, 0.05) is 18.6 Å². The fourth-order valence-electron chi connectivity index (χ4n) is 0.661. The quantitative estimate of drug-likeness (QED) is 0.676. The van der Waals surface area contributed by atoms with E-state index >= 15 is 0 Å². The Morgan fingerprint density at radius 3 is 2.82 bits per heavy atom. The maximum atomic E-state index is 10.4. The summed E-state index contributed by atoms with van der Waals surface area (Å²) in [7, 11) is 0. The Morgan fingerprint density at radius 2 is 2.36 bits per heavy atom. The van der Waals surface area contributed by atoms with Gasteiger partial charge < -0.3 is 5.11 Å². The second kappa shape index (κ2) is 3.09. The number of hydrogen-bond acceptors (Lipinski definition) is 3. The average molecular weight is 152 g/mol. The topological polar surface area (TPSA) is 63.1 Å². The fourth-order valence-corrected chi connectivity index (χ4v) is 0.661. The Kier molecular flexibility index (Phi) is 2.15. The third-order valence-electron chi connectivity index (χ3n) is 1.40. The first-order valence-electron chi connectivity index (χ1n) is 3.20. The van der Waals surface area contributed by atoms with Gasteiger partial charge in [-0.3, -0.25) is 14.8 Å². The highest BCUT2D eigenvalue weighted by Crippen LogP contribution is 2.09. The molecule has 0 unspecified atom stereocenters. The summed E-state index contributed by atoms with van der Waals surface area (Å²) >= 11 is 0. The van der Waals surface area contributed by atoms with Crippen LogP contribution >= 0.6 is 0 Å². The number of rotatable bonds is 2. The highest BCUT2D eigenvalue weighted by Gasteiger charge is 2.14. The molecule has 11 heavy (non-hydrogen) atoms. The summed E-state index contributed by atoms with van der Waals surface area (Å²) in [6, 6.07) is 0. The Hall–Kier alpha value is -1.45. The molecule has 0 aliphatic heterocycles. The lowest BCUT2D eigenvalue weighted by Crippen LogP contribution is -2.09. The summed E-state index contributed by atoms with van der Waals surface area (Å²) in [5.74, 6) is -1.46. The largest absolute Gasteiger partial charge is 0.481 e. The molecule has 58 valence electrons. The fraction of sp³-hybridized carbons (Fsp3) is 0.286. The van der Waals surface area contributed by atoms with Crippen LogP contribution in [0.2, 0.25) is 0 Å². The van der Waals surface area contributed by atoms with Gasteiger partial charge in [0.25, 0.3) is 0 Å². The zero-order valence-corrected chi connectivity index (χ0v) is 6.06. The second-order valence-electron chi connectivity index (χ2n) is 2.19. The van der Waals surface area contributed by atoms with E-state index in [0.29, 0.717) is 5.69 Å². The molecule has 0 aromatic carbocycles. The van der Waals surface area contributed by atoms with E-state index in [9.17, 15) is 4.79 Å². The molecule has 1 atom stereocenters. The summed E-state index contributed by atoms with van der Waals surface area (Å²) in [5.41, 5.74) is 0.486. The van der Waals surface area contributed by atoms with Gasteiger partial charge in [-0.2, -0.15) is 0 Å². The van der Waals surface area contributed by atoms with Gasteiger partial charge in [-0.15, -0.1) is 0 Å². The first kappa shape index (κ1) is 7.65. The highest BCUT2D eigenvalue weighted by molar-refractivity contribution is 5.74. The maximum absolute atomic E-state index is 10.4. The molecule has 4 heteroatoms. The molecule has 0 aliphatic rings. The molecule has 0 fully saturated rings. The van der Waals surface area contributed by atoms with Gasteiger partial charge in [0.15, 0.2) is 0 Å². The molecule has 0 spiro atoms. The lowest BCUT2D eigenvalue weighted by molar-refractivity contribution is -0.138. The molecule has 0 aliphatic carbocycles. The lowest BCUT2D eigenvalue weighted by Gasteiger charge is -2.02. The molecule has 1 heterocycles. The molecule has 0 bridgehead atoms. The predicted molar refractivity (Wildman–Crippen MR) is 38.1 cm³/mol. The van der Waals surface area contributed by atoms with E-state index in [1.165, 1.54) is 18.6 Å². The molecule has 4 nitrogen and oxygen atoms in total. The zero-order valence-electron chi connectivity index (χ0n) is 6.06. The summed E-state index contributed by atoms with van der Waals surface area (Å²) in [6.45, 7) is 1.58. The third kappa shape index (κ3) is 1.73. The van der Waals surface area contributed by atoms with Crippen molar-refractivity contribution in [3.63, 3.8) is 0 Å². The normalized spacial score (nSPS) is 12.5. The van der Waals surface area contributed by atoms with Crippen molar-refractivity contribution in [2.75, 3.05) is 0 Å². The van der Waals surface area contributed by atoms with E-state index < -0.39 is 11.9 Å². The van der Waals surface area contributed by atoms with E-state index in [-0.39, 0.29) is 0 Å². The minimum Gasteiger partial charge on any atom is -0.481 e. The Morgan fingerprint density at radius 1 is 1.64 bits per heavy atom. The van der Waals surface area contributed by atoms with Crippen molar-refractivity contribution in [1.29, 1.82) is 0 Å². The number of aromatic nitrogens is 2. The van der Waals surface area contributed by atoms with E-state index in [0.717, 1.165) is 0 Å². The minimum absolute atomic E-state index is 0.486. The van der Waals surface area contributed by atoms with Crippen molar-refractivity contribution in [1.82, 2.24) is 9.97 Å². The van der Waals surface area contributed by atoms with Crippen LogP contribution in [0.15, 0.2) is 18.6 Å². The summed E-state index contributed by atoms with van der Waals surface area (Å²) in [5, 5.41) is 8.57. The summed E-state index contributed by atoms with van der Waals surface area (Å²) in [6.07, 6.45) is 4.45. The Bertz CT molecular complexity index is 248. The van der Waals surface area contributed by atoms with Gasteiger partial charge in [0.1, 0.15) is 0 Å². The van der Waals surface area contributed by atoms with E-state index in [1.54, 1.807) is 6.92 Å². The lowest BCUT2D eigenvalue weighted by atomic mass is 10.1. The number of aliphatic carboxylic acids is 1.